The highest BCUT2D eigenvalue weighted by Gasteiger charge is 2.02. The van der Waals surface area contributed by atoms with Crippen LogP contribution < -0.4 is 10.1 Å². The van der Waals surface area contributed by atoms with Crippen LogP contribution in [0.1, 0.15) is 5.56 Å². The van der Waals surface area contributed by atoms with E-state index in [1.807, 2.05) is 6.07 Å². The minimum Gasteiger partial charge on any atom is -0.481 e. The lowest BCUT2D eigenvalue weighted by molar-refractivity contribution is 0.398. The van der Waals surface area contributed by atoms with Crippen LogP contribution in [-0.2, 0) is 0 Å². The third-order valence-electron chi connectivity index (χ3n) is 2.14. The normalized spacial score (nSPS) is 9.41. The zero-order valence-corrected chi connectivity index (χ0v) is 9.21. The first kappa shape index (κ1) is 10.9. The molecule has 0 spiro atoms. The maximum absolute atomic E-state index is 8.91. The van der Waals surface area contributed by atoms with Crippen LogP contribution in [0, 0.1) is 11.3 Å². The molecule has 0 radical (unpaired) electrons. The van der Waals surface area contributed by atoms with E-state index in [1.165, 1.54) is 0 Å². The van der Waals surface area contributed by atoms with E-state index in [1.54, 1.807) is 37.7 Å². The van der Waals surface area contributed by atoms with Gasteiger partial charge in [-0.2, -0.15) is 5.26 Å². The standard InChI is InChI=1S/C12H10N4O/c1-17-11-5-4-10(8-15-11)16-12-9(7-13)3-2-6-14-12/h2-6,8H,1H3,(H,14,16). The number of nitrogens with one attached hydrogen (secondary N) is 1. The van der Waals surface area contributed by atoms with Crippen LogP contribution in [0.15, 0.2) is 36.7 Å². The van der Waals surface area contributed by atoms with Gasteiger partial charge >= 0.3 is 0 Å². The maximum Gasteiger partial charge on any atom is 0.213 e. The molecule has 5 heteroatoms. The van der Waals surface area contributed by atoms with Crippen molar-refractivity contribution in [3.63, 3.8) is 0 Å². The summed E-state index contributed by atoms with van der Waals surface area (Å²) in [5, 5.41) is 11.9. The Labute approximate surface area is 98.7 Å². The molecule has 84 valence electrons. The quantitative estimate of drug-likeness (QED) is 0.867. The number of pyridine rings is 2. The molecule has 17 heavy (non-hydrogen) atoms. The summed E-state index contributed by atoms with van der Waals surface area (Å²) >= 11 is 0. The highest BCUT2D eigenvalue weighted by molar-refractivity contribution is 5.61. The van der Waals surface area contributed by atoms with Gasteiger partial charge < -0.3 is 10.1 Å². The minimum absolute atomic E-state index is 0.489. The highest BCUT2D eigenvalue weighted by atomic mass is 16.5. The van der Waals surface area contributed by atoms with Gasteiger partial charge in [0.25, 0.3) is 0 Å². The molecule has 2 aromatic rings. The van der Waals surface area contributed by atoms with Crippen LogP contribution in [0.5, 0.6) is 5.88 Å². The molecule has 0 atom stereocenters. The lowest BCUT2D eigenvalue weighted by Crippen LogP contribution is -1.97. The lowest BCUT2D eigenvalue weighted by Gasteiger charge is -2.06. The summed E-state index contributed by atoms with van der Waals surface area (Å²) in [5.41, 5.74) is 1.24. The van der Waals surface area contributed by atoms with E-state index in [-0.39, 0.29) is 0 Å². The Hall–Kier alpha value is -2.61. The second-order valence-corrected chi connectivity index (χ2v) is 3.23. The van der Waals surface area contributed by atoms with Gasteiger partial charge in [-0.05, 0) is 18.2 Å². The molecule has 0 aliphatic carbocycles. The number of hydrogen-bond acceptors (Lipinski definition) is 5. The topological polar surface area (TPSA) is 70.8 Å². The van der Waals surface area contributed by atoms with E-state index in [9.17, 15) is 0 Å². The molecule has 0 fully saturated rings. The Bertz CT molecular complexity index is 545. The van der Waals surface area contributed by atoms with Gasteiger partial charge in [-0.25, -0.2) is 9.97 Å². The van der Waals surface area contributed by atoms with Crippen molar-refractivity contribution in [2.75, 3.05) is 12.4 Å². The van der Waals surface area contributed by atoms with Gasteiger partial charge in [0.1, 0.15) is 11.9 Å². The summed E-state index contributed by atoms with van der Waals surface area (Å²) in [6.07, 6.45) is 3.24. The average Bonchev–Trinajstić information content (AvgIpc) is 2.40. The lowest BCUT2D eigenvalue weighted by atomic mass is 10.3. The number of hydrogen-bond donors (Lipinski definition) is 1. The summed E-state index contributed by atoms with van der Waals surface area (Å²) < 4.78 is 4.96. The molecular formula is C12H10N4O. The third-order valence-corrected chi connectivity index (χ3v) is 2.14. The van der Waals surface area contributed by atoms with Crippen LogP contribution in [-0.4, -0.2) is 17.1 Å². The van der Waals surface area contributed by atoms with Gasteiger partial charge in [0.05, 0.1) is 24.6 Å². The zero-order valence-electron chi connectivity index (χ0n) is 9.21. The van der Waals surface area contributed by atoms with Crippen molar-refractivity contribution < 1.29 is 4.74 Å². The molecule has 0 saturated heterocycles. The summed E-state index contributed by atoms with van der Waals surface area (Å²) in [6, 6.07) is 9.03. The van der Waals surface area contributed by atoms with Crippen LogP contribution >= 0.6 is 0 Å². The fourth-order valence-electron chi connectivity index (χ4n) is 1.31. The Morgan fingerprint density at radius 2 is 2.18 bits per heavy atom. The van der Waals surface area contributed by atoms with E-state index in [0.29, 0.717) is 17.3 Å². The van der Waals surface area contributed by atoms with Gasteiger partial charge in [0, 0.05) is 12.3 Å². The maximum atomic E-state index is 8.91. The SMILES string of the molecule is COc1ccc(Nc2ncccc2C#N)cn1. The van der Waals surface area contributed by atoms with E-state index >= 15 is 0 Å². The molecule has 2 aromatic heterocycles. The number of methoxy groups -OCH3 is 1. The largest absolute Gasteiger partial charge is 0.481 e. The first-order chi connectivity index (χ1) is 8.33. The zero-order chi connectivity index (χ0) is 12.1. The monoisotopic (exact) mass is 226 g/mol. The van der Waals surface area contributed by atoms with E-state index in [0.717, 1.165) is 5.69 Å². The van der Waals surface area contributed by atoms with Crippen molar-refractivity contribution in [3.8, 4) is 11.9 Å². The number of anilines is 2. The summed E-state index contributed by atoms with van der Waals surface area (Å²) in [7, 11) is 1.56. The molecule has 0 saturated carbocycles. The Morgan fingerprint density at radius 3 is 2.82 bits per heavy atom. The number of nitrogens with zero attached hydrogens (tertiary/aromatic N) is 3. The van der Waals surface area contributed by atoms with E-state index < -0.39 is 0 Å². The van der Waals surface area contributed by atoms with Crippen molar-refractivity contribution in [3.05, 3.63) is 42.2 Å². The van der Waals surface area contributed by atoms with Gasteiger partial charge in [-0.1, -0.05) is 0 Å². The molecule has 0 amide bonds. The van der Waals surface area contributed by atoms with E-state index in [2.05, 4.69) is 21.4 Å². The smallest absolute Gasteiger partial charge is 0.213 e. The number of nitriles is 1. The fraction of sp³-hybridized carbons (Fsp3) is 0.0833. The average molecular weight is 226 g/mol. The molecule has 0 bridgehead atoms. The molecule has 0 aromatic carbocycles. The number of aromatic nitrogens is 2. The van der Waals surface area contributed by atoms with Crippen molar-refractivity contribution in [1.29, 1.82) is 5.26 Å². The van der Waals surface area contributed by atoms with E-state index in [4.69, 9.17) is 10.00 Å². The van der Waals surface area contributed by atoms with Gasteiger partial charge in [0.15, 0.2) is 0 Å². The van der Waals surface area contributed by atoms with Crippen LogP contribution in [0.25, 0.3) is 0 Å². The third kappa shape index (κ3) is 2.49. The summed E-state index contributed by atoms with van der Waals surface area (Å²) in [4.78, 5) is 8.15. The predicted molar refractivity (Wildman–Crippen MR) is 63.0 cm³/mol. The second kappa shape index (κ2) is 4.94. The van der Waals surface area contributed by atoms with Crippen LogP contribution in [0.3, 0.4) is 0 Å². The summed E-state index contributed by atoms with van der Waals surface area (Å²) in [5.74, 6) is 1.05. The molecular weight excluding hydrogens is 216 g/mol. The molecule has 0 unspecified atom stereocenters. The number of rotatable bonds is 3. The second-order valence-electron chi connectivity index (χ2n) is 3.23. The molecule has 5 nitrogen and oxygen atoms in total. The highest BCUT2D eigenvalue weighted by Crippen LogP contribution is 2.18. The molecule has 0 aliphatic rings. The molecule has 0 aliphatic heterocycles. The minimum atomic E-state index is 0.489. The molecule has 2 heterocycles. The van der Waals surface area contributed by atoms with Crippen molar-refractivity contribution in [2.24, 2.45) is 0 Å². The van der Waals surface area contributed by atoms with Crippen LogP contribution in [0.2, 0.25) is 0 Å². The first-order valence-electron chi connectivity index (χ1n) is 4.95. The van der Waals surface area contributed by atoms with Crippen molar-refractivity contribution in [1.82, 2.24) is 9.97 Å². The number of ether oxygens (including phenoxy) is 1. The van der Waals surface area contributed by atoms with Crippen molar-refractivity contribution >= 4 is 11.5 Å². The molecule has 1 N–H and O–H groups in total. The van der Waals surface area contributed by atoms with Crippen LogP contribution in [0.4, 0.5) is 11.5 Å². The van der Waals surface area contributed by atoms with Gasteiger partial charge in [-0.15, -0.1) is 0 Å². The first-order valence-corrected chi connectivity index (χ1v) is 4.95. The van der Waals surface area contributed by atoms with Crippen molar-refractivity contribution in [2.45, 2.75) is 0 Å². The summed E-state index contributed by atoms with van der Waals surface area (Å²) in [6.45, 7) is 0. The van der Waals surface area contributed by atoms with Gasteiger partial charge in [-0.3, -0.25) is 0 Å². The van der Waals surface area contributed by atoms with Gasteiger partial charge in [0.2, 0.25) is 5.88 Å². The Balaban J connectivity index is 2.23. The fourth-order valence-corrected chi connectivity index (χ4v) is 1.31. The Morgan fingerprint density at radius 1 is 1.29 bits per heavy atom. The molecule has 2 rings (SSSR count). The predicted octanol–water partition coefficient (Wildman–Crippen LogP) is 2.10. The Kier molecular flexibility index (Phi) is 3.17.